The molecule has 3 rings (SSSR count). The molecule has 4 nitrogen and oxygen atoms in total. The normalized spacial score (nSPS) is 17.0. The van der Waals surface area contributed by atoms with Crippen LogP contribution in [0.4, 0.5) is 11.4 Å². The number of aliphatic imine (C=N–C) groups is 1. The summed E-state index contributed by atoms with van der Waals surface area (Å²) < 4.78 is 0.984. The van der Waals surface area contributed by atoms with Crippen LogP contribution in [0, 0.1) is 0 Å². The lowest BCUT2D eigenvalue weighted by Crippen LogP contribution is -2.21. The van der Waals surface area contributed by atoms with E-state index in [2.05, 4.69) is 57.1 Å². The monoisotopic (exact) mass is 429 g/mol. The number of anilines is 1. The number of amidine groups is 1. The largest absolute Gasteiger partial charge is 0.372 e. The van der Waals surface area contributed by atoms with Gasteiger partial charge >= 0.3 is 0 Å². The molecule has 134 valence electrons. The predicted octanol–water partition coefficient (Wildman–Crippen LogP) is 5.19. The molecule has 1 N–H and O–H groups in total. The van der Waals surface area contributed by atoms with Gasteiger partial charge in [-0.2, -0.15) is 0 Å². The third-order valence-electron chi connectivity index (χ3n) is 4.01. The van der Waals surface area contributed by atoms with Gasteiger partial charge in [-0.25, -0.2) is 4.99 Å². The number of benzene rings is 2. The molecule has 2 aromatic carbocycles. The summed E-state index contributed by atoms with van der Waals surface area (Å²) in [6.45, 7) is 6.23. The Labute approximate surface area is 166 Å². The van der Waals surface area contributed by atoms with Gasteiger partial charge in [0.1, 0.15) is 0 Å². The van der Waals surface area contributed by atoms with Crippen molar-refractivity contribution in [1.82, 2.24) is 5.32 Å². The summed E-state index contributed by atoms with van der Waals surface area (Å²) in [4.78, 5) is 19.7. The molecule has 0 bridgehead atoms. The molecule has 0 aliphatic carbocycles. The zero-order valence-corrected chi connectivity index (χ0v) is 17.1. The second-order valence-electron chi connectivity index (χ2n) is 5.73. The number of rotatable bonds is 5. The molecule has 6 heteroatoms. The number of halogens is 1. The van der Waals surface area contributed by atoms with Gasteiger partial charge in [-0.15, -0.1) is 0 Å². The zero-order valence-electron chi connectivity index (χ0n) is 14.7. The molecule has 2 aromatic rings. The molecule has 0 saturated carbocycles. The SMILES string of the molecule is CCN(CC)c1ccc(N=C2NC(=O)/C(=C/c3cccc(Br)c3)S2)cc1. The fourth-order valence-electron chi connectivity index (χ4n) is 2.67. The highest BCUT2D eigenvalue weighted by Gasteiger charge is 2.23. The van der Waals surface area contributed by atoms with Gasteiger partial charge in [0.2, 0.25) is 0 Å². The molecule has 1 aliphatic heterocycles. The topological polar surface area (TPSA) is 44.7 Å². The van der Waals surface area contributed by atoms with Crippen LogP contribution >= 0.6 is 27.7 Å². The molecule has 1 aliphatic rings. The molecule has 0 radical (unpaired) electrons. The third-order valence-corrected chi connectivity index (χ3v) is 5.41. The van der Waals surface area contributed by atoms with Crippen molar-refractivity contribution in [2.45, 2.75) is 13.8 Å². The molecule has 1 fully saturated rings. The predicted molar refractivity (Wildman–Crippen MR) is 115 cm³/mol. The Morgan fingerprint density at radius 2 is 1.88 bits per heavy atom. The Morgan fingerprint density at radius 1 is 1.15 bits per heavy atom. The maximum Gasteiger partial charge on any atom is 0.264 e. The van der Waals surface area contributed by atoms with Gasteiger partial charge in [-0.05, 0) is 73.6 Å². The summed E-state index contributed by atoms with van der Waals surface area (Å²) in [6.07, 6.45) is 1.87. The number of nitrogens with zero attached hydrogens (tertiary/aromatic N) is 2. The maximum absolute atomic E-state index is 12.2. The summed E-state index contributed by atoms with van der Waals surface area (Å²) in [6, 6.07) is 15.9. The number of carbonyl (C=O) groups is 1. The van der Waals surface area contributed by atoms with Crippen LogP contribution < -0.4 is 10.2 Å². The van der Waals surface area contributed by atoms with Crippen LogP contribution in [-0.4, -0.2) is 24.2 Å². The molecule has 1 heterocycles. The fraction of sp³-hybridized carbons (Fsp3) is 0.200. The van der Waals surface area contributed by atoms with Crippen molar-refractivity contribution in [2.75, 3.05) is 18.0 Å². The van der Waals surface area contributed by atoms with Crippen molar-refractivity contribution < 1.29 is 4.79 Å². The van der Waals surface area contributed by atoms with Gasteiger partial charge in [0.05, 0.1) is 10.6 Å². The zero-order chi connectivity index (χ0) is 18.5. The van der Waals surface area contributed by atoms with Crippen LogP contribution in [0.25, 0.3) is 6.08 Å². The van der Waals surface area contributed by atoms with Crippen LogP contribution in [0.5, 0.6) is 0 Å². The number of carbonyl (C=O) groups excluding carboxylic acids is 1. The highest BCUT2D eigenvalue weighted by atomic mass is 79.9. The molecule has 0 spiro atoms. The summed E-state index contributed by atoms with van der Waals surface area (Å²) in [5, 5.41) is 3.43. The van der Waals surface area contributed by atoms with E-state index in [0.717, 1.165) is 28.8 Å². The lowest BCUT2D eigenvalue weighted by atomic mass is 10.2. The molecule has 0 atom stereocenters. The standard InChI is InChI=1S/C20H20BrN3OS/c1-3-24(4-2)17-10-8-16(9-11-17)22-20-23-19(25)18(26-20)13-14-6-5-7-15(21)12-14/h5-13H,3-4H2,1-2H3,(H,22,23,25)/b18-13-. The van der Waals surface area contributed by atoms with E-state index in [1.165, 1.54) is 17.4 Å². The number of nitrogens with one attached hydrogen (secondary N) is 1. The molecular formula is C20H20BrN3OS. The van der Waals surface area contributed by atoms with Gasteiger partial charge in [-0.3, -0.25) is 4.79 Å². The summed E-state index contributed by atoms with van der Waals surface area (Å²) in [5.41, 5.74) is 2.98. The average molecular weight is 430 g/mol. The highest BCUT2D eigenvalue weighted by molar-refractivity contribution is 9.10. The van der Waals surface area contributed by atoms with Gasteiger partial charge in [0.15, 0.2) is 5.17 Å². The van der Waals surface area contributed by atoms with E-state index in [-0.39, 0.29) is 5.91 Å². The van der Waals surface area contributed by atoms with Gasteiger partial charge in [0, 0.05) is 23.2 Å². The van der Waals surface area contributed by atoms with E-state index in [4.69, 9.17) is 0 Å². The summed E-state index contributed by atoms with van der Waals surface area (Å²) in [5.74, 6) is -0.117. The van der Waals surface area contributed by atoms with E-state index >= 15 is 0 Å². The first-order valence-electron chi connectivity index (χ1n) is 8.49. The Kier molecular flexibility index (Phi) is 6.16. The van der Waals surface area contributed by atoms with E-state index in [9.17, 15) is 4.79 Å². The van der Waals surface area contributed by atoms with Crippen molar-refractivity contribution in [3.05, 3.63) is 63.5 Å². The smallest absolute Gasteiger partial charge is 0.264 e. The number of amides is 1. The lowest BCUT2D eigenvalue weighted by Gasteiger charge is -2.20. The van der Waals surface area contributed by atoms with E-state index in [1.807, 2.05) is 42.5 Å². The third kappa shape index (κ3) is 4.56. The van der Waals surface area contributed by atoms with Crippen molar-refractivity contribution in [2.24, 2.45) is 4.99 Å². The quantitative estimate of drug-likeness (QED) is 0.665. The lowest BCUT2D eigenvalue weighted by molar-refractivity contribution is -0.115. The van der Waals surface area contributed by atoms with Crippen LogP contribution in [-0.2, 0) is 4.79 Å². The van der Waals surface area contributed by atoms with Crippen LogP contribution in [0.15, 0.2) is 62.9 Å². The second-order valence-corrected chi connectivity index (χ2v) is 7.67. The highest BCUT2D eigenvalue weighted by Crippen LogP contribution is 2.29. The van der Waals surface area contributed by atoms with E-state index in [1.54, 1.807) is 0 Å². The van der Waals surface area contributed by atoms with E-state index < -0.39 is 0 Å². The summed E-state index contributed by atoms with van der Waals surface area (Å²) in [7, 11) is 0. The Balaban J connectivity index is 1.75. The van der Waals surface area contributed by atoms with Crippen LogP contribution in [0.1, 0.15) is 19.4 Å². The molecule has 1 amide bonds. The van der Waals surface area contributed by atoms with Crippen molar-refractivity contribution in [1.29, 1.82) is 0 Å². The molecule has 1 saturated heterocycles. The van der Waals surface area contributed by atoms with E-state index in [0.29, 0.717) is 10.1 Å². The first-order valence-corrected chi connectivity index (χ1v) is 10.1. The van der Waals surface area contributed by atoms with Crippen LogP contribution in [0.2, 0.25) is 0 Å². The van der Waals surface area contributed by atoms with Crippen molar-refractivity contribution >= 4 is 56.2 Å². The van der Waals surface area contributed by atoms with Crippen molar-refractivity contribution in [3.63, 3.8) is 0 Å². The Morgan fingerprint density at radius 3 is 2.54 bits per heavy atom. The minimum atomic E-state index is -0.117. The van der Waals surface area contributed by atoms with Gasteiger partial charge in [0.25, 0.3) is 5.91 Å². The first kappa shape index (κ1) is 18.7. The minimum absolute atomic E-state index is 0.117. The van der Waals surface area contributed by atoms with Crippen molar-refractivity contribution in [3.8, 4) is 0 Å². The van der Waals surface area contributed by atoms with Gasteiger partial charge < -0.3 is 10.2 Å². The Bertz CT molecular complexity index is 858. The number of hydrogen-bond donors (Lipinski definition) is 1. The van der Waals surface area contributed by atoms with Crippen LogP contribution in [0.3, 0.4) is 0 Å². The average Bonchev–Trinajstić information content (AvgIpc) is 2.96. The molecule has 0 unspecified atom stereocenters. The fourth-order valence-corrected chi connectivity index (χ4v) is 3.93. The molecular weight excluding hydrogens is 410 g/mol. The number of thioether (sulfide) groups is 1. The molecule has 0 aromatic heterocycles. The second kappa shape index (κ2) is 8.56. The Hall–Kier alpha value is -2.05. The van der Waals surface area contributed by atoms with Gasteiger partial charge in [-0.1, -0.05) is 28.1 Å². The first-order chi connectivity index (χ1) is 12.6. The minimum Gasteiger partial charge on any atom is -0.372 e. The number of hydrogen-bond acceptors (Lipinski definition) is 4. The molecule has 26 heavy (non-hydrogen) atoms. The summed E-state index contributed by atoms with van der Waals surface area (Å²) >= 11 is 4.80. The maximum atomic E-state index is 12.2.